The van der Waals surface area contributed by atoms with E-state index in [-0.39, 0.29) is 34.3 Å². The predicted octanol–water partition coefficient (Wildman–Crippen LogP) is 6.26. The van der Waals surface area contributed by atoms with Crippen molar-refractivity contribution in [3.05, 3.63) is 54.2 Å². The summed E-state index contributed by atoms with van der Waals surface area (Å²) in [7, 11) is 0. The Morgan fingerprint density at radius 3 is 2.53 bits per heavy atom. The number of piperidine rings is 1. The zero-order valence-electron chi connectivity index (χ0n) is 24.4. The largest absolute Gasteiger partial charge is 0.461 e. The van der Waals surface area contributed by atoms with Gasteiger partial charge in [0.15, 0.2) is 5.82 Å². The number of aliphatic hydroxyl groups is 1. The van der Waals surface area contributed by atoms with E-state index in [0.29, 0.717) is 34.1 Å². The summed E-state index contributed by atoms with van der Waals surface area (Å²) in [6, 6.07) is 10.3. The first-order valence-corrected chi connectivity index (χ1v) is 15.8. The number of ether oxygens (including phenoxy) is 1. The number of anilines is 1. The van der Waals surface area contributed by atoms with Crippen LogP contribution < -0.4 is 9.64 Å². The monoisotopic (exact) mass is 585 g/mol. The molecule has 2 aromatic carbocycles. The van der Waals surface area contributed by atoms with Gasteiger partial charge in [-0.25, -0.2) is 8.78 Å². The van der Waals surface area contributed by atoms with Crippen LogP contribution in [0.15, 0.2) is 42.6 Å². The third-order valence-electron chi connectivity index (χ3n) is 10.7. The second kappa shape index (κ2) is 10.3. The van der Waals surface area contributed by atoms with Crippen LogP contribution in [0.5, 0.6) is 6.01 Å². The van der Waals surface area contributed by atoms with Crippen molar-refractivity contribution in [2.75, 3.05) is 37.7 Å². The molecule has 0 bridgehead atoms. The van der Waals surface area contributed by atoms with Crippen LogP contribution in [0, 0.1) is 17.0 Å². The molecule has 0 amide bonds. The number of benzene rings is 2. The predicted molar refractivity (Wildman–Crippen MR) is 162 cm³/mol. The van der Waals surface area contributed by atoms with Crippen molar-refractivity contribution in [3.63, 3.8) is 0 Å². The van der Waals surface area contributed by atoms with E-state index in [1.54, 1.807) is 24.4 Å². The maximum atomic E-state index is 16.7. The average molecular weight is 586 g/mol. The van der Waals surface area contributed by atoms with Crippen LogP contribution in [-0.4, -0.2) is 69.4 Å². The highest BCUT2D eigenvalue weighted by molar-refractivity contribution is 5.99. The molecule has 4 aliphatic rings. The van der Waals surface area contributed by atoms with E-state index in [1.807, 2.05) is 12.1 Å². The highest BCUT2D eigenvalue weighted by atomic mass is 19.1. The molecule has 5 heterocycles. The number of fused-ring (bicyclic) bond motifs is 3. The second-order valence-corrected chi connectivity index (χ2v) is 13.3. The maximum absolute atomic E-state index is 16.7. The third-order valence-corrected chi connectivity index (χ3v) is 10.7. The number of hydrogen-bond acceptors (Lipinski definition) is 7. The molecule has 9 heteroatoms. The fourth-order valence-electron chi connectivity index (χ4n) is 8.60. The summed E-state index contributed by atoms with van der Waals surface area (Å²) in [5.41, 5.74) is 0.604. The van der Waals surface area contributed by atoms with Crippen LogP contribution in [0.2, 0.25) is 0 Å². The van der Waals surface area contributed by atoms with Gasteiger partial charge in [-0.1, -0.05) is 30.3 Å². The summed E-state index contributed by atoms with van der Waals surface area (Å²) in [5, 5.41) is 11.9. The average Bonchev–Trinajstić information content (AvgIpc) is 3.70. The Morgan fingerprint density at radius 2 is 1.74 bits per heavy atom. The van der Waals surface area contributed by atoms with E-state index in [4.69, 9.17) is 9.72 Å². The van der Waals surface area contributed by atoms with Gasteiger partial charge in [0.05, 0.1) is 17.0 Å². The molecule has 2 atom stereocenters. The van der Waals surface area contributed by atoms with Gasteiger partial charge in [-0.3, -0.25) is 9.88 Å². The van der Waals surface area contributed by atoms with Gasteiger partial charge in [-0.2, -0.15) is 9.97 Å². The van der Waals surface area contributed by atoms with Crippen molar-refractivity contribution >= 4 is 27.5 Å². The van der Waals surface area contributed by atoms with Crippen molar-refractivity contribution < 1.29 is 18.6 Å². The molecule has 2 unspecified atom stereocenters. The molecule has 4 fully saturated rings. The molecule has 8 rings (SSSR count). The molecule has 7 nitrogen and oxygen atoms in total. The number of halogens is 2. The highest BCUT2D eigenvalue weighted by Gasteiger charge is 2.45. The number of aliphatic hydroxyl groups excluding tert-OH is 1. The van der Waals surface area contributed by atoms with Crippen LogP contribution in [0.1, 0.15) is 57.8 Å². The van der Waals surface area contributed by atoms with Crippen molar-refractivity contribution in [2.24, 2.45) is 5.41 Å². The van der Waals surface area contributed by atoms with Gasteiger partial charge < -0.3 is 14.7 Å². The van der Waals surface area contributed by atoms with Crippen LogP contribution in [0.3, 0.4) is 0 Å². The molecule has 1 aliphatic carbocycles. The third kappa shape index (κ3) is 4.54. The quantitative estimate of drug-likeness (QED) is 0.296. The van der Waals surface area contributed by atoms with Crippen molar-refractivity contribution in [1.29, 1.82) is 0 Å². The number of rotatable bonds is 5. The van der Waals surface area contributed by atoms with Gasteiger partial charge in [-0.05, 0) is 87.7 Å². The van der Waals surface area contributed by atoms with E-state index in [2.05, 4.69) is 19.8 Å². The van der Waals surface area contributed by atoms with E-state index in [9.17, 15) is 5.11 Å². The fraction of sp³-hybridized carbons (Fsp3) is 0.500. The van der Waals surface area contributed by atoms with Gasteiger partial charge in [0, 0.05) is 30.2 Å². The summed E-state index contributed by atoms with van der Waals surface area (Å²) in [6.45, 7) is 4.16. The van der Waals surface area contributed by atoms with Crippen LogP contribution in [0.4, 0.5) is 14.6 Å². The Hall–Kier alpha value is -3.43. The summed E-state index contributed by atoms with van der Waals surface area (Å²) < 4.78 is 38.1. The smallest absolute Gasteiger partial charge is 0.319 e. The van der Waals surface area contributed by atoms with E-state index >= 15 is 8.78 Å². The lowest BCUT2D eigenvalue weighted by Gasteiger charge is -2.41. The zero-order valence-corrected chi connectivity index (χ0v) is 24.4. The molecular weight excluding hydrogens is 548 g/mol. The first kappa shape index (κ1) is 27.1. The van der Waals surface area contributed by atoms with Crippen LogP contribution in [-0.2, 0) is 0 Å². The SMILES string of the molecule is OC1CCC2(CCCN(c3nc(OCC45CCCN4CCC5)nc4c(F)c(-c5cccc6cccc(F)c56)ncc34)C2)C1. The van der Waals surface area contributed by atoms with Crippen molar-refractivity contribution in [2.45, 2.75) is 69.4 Å². The topological polar surface area (TPSA) is 74.6 Å². The first-order valence-electron chi connectivity index (χ1n) is 15.8. The fourth-order valence-corrected chi connectivity index (χ4v) is 8.60. The summed E-state index contributed by atoms with van der Waals surface area (Å²) in [6.07, 6.45) is 10.4. The molecule has 3 saturated heterocycles. The Balaban J connectivity index is 1.24. The van der Waals surface area contributed by atoms with Crippen LogP contribution >= 0.6 is 0 Å². The molecule has 224 valence electrons. The molecule has 0 radical (unpaired) electrons. The lowest BCUT2D eigenvalue weighted by molar-refractivity contribution is 0.107. The summed E-state index contributed by atoms with van der Waals surface area (Å²) >= 11 is 0. The standard InChI is InChI=1S/C34H37F2N5O2/c35-26-9-2-7-22-6-1-8-24(27(22)26)29-28(36)30-25(19-37-29)31(40-15-3-11-33(20-40)14-10-23(42)18-33)39-32(38-30)43-21-34-12-4-16-41(34)17-5-13-34/h1-2,6-9,19,23,42H,3-5,10-18,20-21H2. The van der Waals surface area contributed by atoms with Gasteiger partial charge in [0.2, 0.25) is 0 Å². The zero-order chi connectivity index (χ0) is 29.2. The minimum atomic E-state index is -0.605. The second-order valence-electron chi connectivity index (χ2n) is 13.3. The highest BCUT2D eigenvalue weighted by Crippen LogP contribution is 2.47. The molecule has 2 aromatic heterocycles. The maximum Gasteiger partial charge on any atom is 0.319 e. The Kier molecular flexibility index (Phi) is 6.53. The summed E-state index contributed by atoms with van der Waals surface area (Å²) in [4.78, 5) is 18.9. The molecular formula is C34H37F2N5O2. The Morgan fingerprint density at radius 1 is 0.953 bits per heavy atom. The van der Waals surface area contributed by atoms with Gasteiger partial charge in [-0.15, -0.1) is 0 Å². The summed E-state index contributed by atoms with van der Waals surface area (Å²) in [5.74, 6) is -0.405. The van der Waals surface area contributed by atoms with E-state index in [1.165, 1.54) is 6.07 Å². The number of pyridine rings is 1. The van der Waals surface area contributed by atoms with Crippen molar-refractivity contribution in [1.82, 2.24) is 19.9 Å². The van der Waals surface area contributed by atoms with Gasteiger partial charge >= 0.3 is 6.01 Å². The molecule has 3 aliphatic heterocycles. The number of nitrogens with zero attached hydrogens (tertiary/aromatic N) is 5. The molecule has 1 saturated carbocycles. The molecule has 4 aromatic rings. The minimum absolute atomic E-state index is 0.00389. The normalized spacial score (nSPS) is 25.3. The molecule has 1 N–H and O–H groups in total. The van der Waals surface area contributed by atoms with E-state index in [0.717, 1.165) is 84.0 Å². The van der Waals surface area contributed by atoms with Crippen LogP contribution in [0.25, 0.3) is 32.9 Å². The minimum Gasteiger partial charge on any atom is -0.461 e. The molecule has 1 spiro atoms. The number of aromatic nitrogens is 3. The number of hydrogen-bond donors (Lipinski definition) is 1. The Bertz CT molecular complexity index is 1700. The molecule has 43 heavy (non-hydrogen) atoms. The Labute approximate surface area is 249 Å². The van der Waals surface area contributed by atoms with Gasteiger partial charge in [0.25, 0.3) is 0 Å². The lowest BCUT2D eigenvalue weighted by Crippen LogP contribution is -2.44. The van der Waals surface area contributed by atoms with Crippen molar-refractivity contribution in [3.8, 4) is 17.3 Å². The van der Waals surface area contributed by atoms with Gasteiger partial charge in [0.1, 0.15) is 29.5 Å². The first-order chi connectivity index (χ1) is 20.9. The van der Waals surface area contributed by atoms with E-state index < -0.39 is 11.6 Å². The lowest BCUT2D eigenvalue weighted by atomic mass is 9.78.